The number of benzene rings is 1. The molecule has 0 spiro atoms. The van der Waals surface area contributed by atoms with Gasteiger partial charge in [0.1, 0.15) is 13.2 Å². The number of aliphatic hydroxyl groups is 1. The quantitative estimate of drug-likeness (QED) is 0.880. The molecule has 138 valence electrons. The zero-order valence-electron chi connectivity index (χ0n) is 14.5. The van der Waals surface area contributed by atoms with Crippen molar-refractivity contribution in [3.63, 3.8) is 0 Å². The fourth-order valence-electron chi connectivity index (χ4n) is 3.64. The van der Waals surface area contributed by atoms with Gasteiger partial charge in [-0.3, -0.25) is 9.78 Å². The number of carbonyl (C=O) groups excluding carboxylic acids is 1. The first kappa shape index (κ1) is 17.3. The molecule has 1 N–H and O–H groups in total. The summed E-state index contributed by atoms with van der Waals surface area (Å²) >= 11 is 6.34. The van der Waals surface area contributed by atoms with Crippen LogP contribution < -0.4 is 9.47 Å². The van der Waals surface area contributed by atoms with E-state index in [1.165, 1.54) is 7.11 Å². The normalized spacial score (nSPS) is 21.2. The van der Waals surface area contributed by atoms with Crippen molar-refractivity contribution in [2.75, 3.05) is 26.9 Å². The number of fused-ring (bicyclic) bond motifs is 5. The lowest BCUT2D eigenvalue weighted by Gasteiger charge is -2.28. The smallest absolute Gasteiger partial charge is 0.249 e. The third-order valence-electron chi connectivity index (χ3n) is 4.86. The first-order chi connectivity index (χ1) is 12.5. The van der Waals surface area contributed by atoms with Crippen LogP contribution in [0.3, 0.4) is 0 Å². The molecule has 0 saturated heterocycles. The molecule has 0 saturated carbocycles. The van der Waals surface area contributed by atoms with Crippen molar-refractivity contribution in [1.29, 1.82) is 0 Å². The van der Waals surface area contributed by atoms with Gasteiger partial charge in [0.15, 0.2) is 17.6 Å². The zero-order valence-corrected chi connectivity index (χ0v) is 15.2. The van der Waals surface area contributed by atoms with E-state index in [0.717, 1.165) is 16.5 Å². The first-order valence-electron chi connectivity index (χ1n) is 8.37. The Morgan fingerprint density at radius 1 is 1.50 bits per heavy atom. The predicted molar refractivity (Wildman–Crippen MR) is 94.6 cm³/mol. The molecule has 1 amide bonds. The number of pyridine rings is 1. The minimum Gasteiger partial charge on any atom is -0.485 e. The van der Waals surface area contributed by atoms with Crippen molar-refractivity contribution in [1.82, 2.24) is 9.88 Å². The van der Waals surface area contributed by atoms with Crippen LogP contribution in [0.2, 0.25) is 5.02 Å². The minimum absolute atomic E-state index is 0.0332. The summed E-state index contributed by atoms with van der Waals surface area (Å²) in [6.07, 6.45) is 1.32. The highest BCUT2D eigenvalue weighted by Crippen LogP contribution is 2.49. The molecule has 26 heavy (non-hydrogen) atoms. The van der Waals surface area contributed by atoms with Gasteiger partial charge in [-0.1, -0.05) is 11.6 Å². The van der Waals surface area contributed by atoms with E-state index in [2.05, 4.69) is 4.98 Å². The topological polar surface area (TPSA) is 81.1 Å². The second-order valence-electron chi connectivity index (χ2n) is 6.47. The average molecular weight is 379 g/mol. The van der Waals surface area contributed by atoms with Crippen LogP contribution in [0.1, 0.15) is 24.1 Å². The van der Waals surface area contributed by atoms with E-state index >= 15 is 0 Å². The Morgan fingerprint density at radius 2 is 2.31 bits per heavy atom. The molecule has 2 aliphatic rings. The number of ether oxygens (including phenoxy) is 3. The van der Waals surface area contributed by atoms with E-state index in [1.54, 1.807) is 17.2 Å². The summed E-state index contributed by atoms with van der Waals surface area (Å²) in [5.74, 6) is 0.854. The number of methoxy groups -OCH3 is 1. The molecule has 0 radical (unpaired) electrons. The Labute approximate surface area is 155 Å². The lowest BCUT2D eigenvalue weighted by atomic mass is 9.99. The molecule has 2 atom stereocenters. The van der Waals surface area contributed by atoms with Gasteiger partial charge in [-0.15, -0.1) is 0 Å². The highest BCUT2D eigenvalue weighted by Gasteiger charge is 2.35. The van der Waals surface area contributed by atoms with Gasteiger partial charge in [-0.05, 0) is 24.1 Å². The number of hydrogen-bond acceptors (Lipinski definition) is 6. The van der Waals surface area contributed by atoms with Crippen LogP contribution in [-0.2, 0) is 16.1 Å². The van der Waals surface area contributed by atoms with E-state index in [0.29, 0.717) is 28.6 Å². The molecule has 1 aromatic carbocycles. The minimum atomic E-state index is -0.459. The van der Waals surface area contributed by atoms with Crippen molar-refractivity contribution in [3.05, 3.63) is 28.4 Å². The van der Waals surface area contributed by atoms with Gasteiger partial charge in [-0.2, -0.15) is 0 Å². The molecule has 2 aliphatic heterocycles. The van der Waals surface area contributed by atoms with Crippen LogP contribution >= 0.6 is 11.6 Å². The molecular formula is C18H19ClN2O5. The van der Waals surface area contributed by atoms with Crippen LogP contribution in [0.15, 0.2) is 12.3 Å². The second-order valence-corrected chi connectivity index (χ2v) is 6.88. The molecule has 0 fully saturated rings. The Kier molecular flexibility index (Phi) is 4.38. The number of halogens is 1. The summed E-state index contributed by atoms with van der Waals surface area (Å²) in [5, 5.41) is 10.5. The Hall–Kier alpha value is -2.09. The maximum Gasteiger partial charge on any atom is 0.249 e. The second kappa shape index (κ2) is 6.57. The van der Waals surface area contributed by atoms with Crippen LogP contribution in [-0.4, -0.2) is 53.9 Å². The fourth-order valence-corrected chi connectivity index (χ4v) is 3.87. The molecule has 0 bridgehead atoms. The molecule has 0 aliphatic carbocycles. The van der Waals surface area contributed by atoms with Crippen molar-refractivity contribution in [3.8, 4) is 11.5 Å². The average Bonchev–Trinajstić information content (AvgIpc) is 2.98. The molecule has 2 aromatic rings. The van der Waals surface area contributed by atoms with Crippen molar-refractivity contribution in [2.45, 2.75) is 25.6 Å². The number of carbonyl (C=O) groups is 1. The van der Waals surface area contributed by atoms with E-state index in [9.17, 15) is 9.90 Å². The maximum absolute atomic E-state index is 12.4. The predicted octanol–water partition coefficient (Wildman–Crippen LogP) is 2.07. The van der Waals surface area contributed by atoms with Crippen molar-refractivity contribution in [2.24, 2.45) is 0 Å². The number of nitrogens with zero attached hydrogens (tertiary/aromatic N) is 2. The summed E-state index contributed by atoms with van der Waals surface area (Å²) in [4.78, 5) is 18.6. The molecular weight excluding hydrogens is 360 g/mol. The monoisotopic (exact) mass is 378 g/mol. The first-order valence-corrected chi connectivity index (χ1v) is 8.75. The summed E-state index contributed by atoms with van der Waals surface area (Å²) in [6.45, 7) is 2.54. The van der Waals surface area contributed by atoms with E-state index in [4.69, 9.17) is 25.8 Å². The third-order valence-corrected chi connectivity index (χ3v) is 5.14. The lowest BCUT2D eigenvalue weighted by Crippen LogP contribution is -2.32. The standard InChI is InChI=1S/C18H19ClN2O5/c1-9-15-10(5-21(9)14(23)8-24-2)4-20-13-3-12(19)17-18(16(13)15)25-7-11(6-22)26-17/h3-4,9,11,22H,5-8H2,1-2H3/t9-,11?/m0/s1. The Bertz CT molecular complexity index is 888. The van der Waals surface area contributed by atoms with Gasteiger partial charge in [-0.25, -0.2) is 0 Å². The van der Waals surface area contributed by atoms with Gasteiger partial charge in [0.25, 0.3) is 0 Å². The summed E-state index contributed by atoms with van der Waals surface area (Å²) in [7, 11) is 1.50. The van der Waals surface area contributed by atoms with E-state index < -0.39 is 6.10 Å². The zero-order chi connectivity index (χ0) is 18.4. The summed E-state index contributed by atoms with van der Waals surface area (Å²) < 4.78 is 16.7. The van der Waals surface area contributed by atoms with Gasteiger partial charge in [0, 0.05) is 19.9 Å². The van der Waals surface area contributed by atoms with Gasteiger partial charge >= 0.3 is 0 Å². The highest BCUT2D eigenvalue weighted by atomic mass is 35.5. The summed E-state index contributed by atoms with van der Waals surface area (Å²) in [6, 6.07) is 1.58. The van der Waals surface area contributed by atoms with E-state index in [1.807, 2.05) is 6.92 Å². The molecule has 4 rings (SSSR count). The molecule has 1 unspecified atom stereocenters. The molecule has 7 nitrogen and oxygen atoms in total. The lowest BCUT2D eigenvalue weighted by molar-refractivity contribution is -0.137. The number of aromatic nitrogens is 1. The van der Waals surface area contributed by atoms with E-state index in [-0.39, 0.29) is 31.8 Å². The largest absolute Gasteiger partial charge is 0.485 e. The summed E-state index contributed by atoms with van der Waals surface area (Å²) in [5.41, 5.74) is 2.64. The number of hydrogen-bond donors (Lipinski definition) is 1. The van der Waals surface area contributed by atoms with Crippen LogP contribution in [0.4, 0.5) is 0 Å². The fraction of sp³-hybridized carbons (Fsp3) is 0.444. The number of amides is 1. The third kappa shape index (κ3) is 2.58. The van der Waals surface area contributed by atoms with Crippen LogP contribution in [0, 0.1) is 0 Å². The molecule has 1 aromatic heterocycles. The maximum atomic E-state index is 12.4. The highest BCUT2D eigenvalue weighted by molar-refractivity contribution is 6.33. The van der Waals surface area contributed by atoms with Crippen molar-refractivity contribution >= 4 is 28.4 Å². The van der Waals surface area contributed by atoms with Gasteiger partial charge in [0.2, 0.25) is 5.91 Å². The molecule has 8 heteroatoms. The number of rotatable bonds is 3. The SMILES string of the molecule is COCC(=O)N1Cc2cnc3cc(Cl)c4c(c3c2[C@@H]1C)OCC(CO)O4. The van der Waals surface area contributed by atoms with Crippen LogP contribution in [0.5, 0.6) is 11.5 Å². The van der Waals surface area contributed by atoms with Gasteiger partial charge < -0.3 is 24.2 Å². The number of aliphatic hydroxyl groups excluding tert-OH is 1. The van der Waals surface area contributed by atoms with Crippen molar-refractivity contribution < 1.29 is 24.1 Å². The van der Waals surface area contributed by atoms with Crippen LogP contribution in [0.25, 0.3) is 10.9 Å². The Balaban J connectivity index is 1.87. The van der Waals surface area contributed by atoms with Gasteiger partial charge in [0.05, 0.1) is 28.6 Å². The Morgan fingerprint density at radius 3 is 3.04 bits per heavy atom. The molecule has 3 heterocycles.